The van der Waals surface area contributed by atoms with Crippen LogP contribution in [0, 0.1) is 0 Å². The number of carbonyl (C=O) groups excluding carboxylic acids is 2. The molecule has 3 aromatic carbocycles. The van der Waals surface area contributed by atoms with E-state index in [1.807, 2.05) is 47.4 Å². The summed E-state index contributed by atoms with van der Waals surface area (Å²) in [6.45, 7) is 5.92. The number of amides is 3. The molecular weight excluding hydrogens is 476 g/mol. The zero-order valence-electron chi connectivity index (χ0n) is 21.6. The van der Waals surface area contributed by atoms with E-state index in [1.54, 1.807) is 0 Å². The Labute approximate surface area is 224 Å². The highest BCUT2D eigenvalue weighted by Crippen LogP contribution is 2.28. The third kappa shape index (κ3) is 5.30. The third-order valence-electron chi connectivity index (χ3n) is 7.97. The highest BCUT2D eigenvalue weighted by molar-refractivity contribution is 5.95. The number of nitrogens with zero attached hydrogens (tertiary/aromatic N) is 3. The van der Waals surface area contributed by atoms with Gasteiger partial charge in [-0.25, -0.2) is 4.79 Å². The second kappa shape index (κ2) is 11.0. The van der Waals surface area contributed by atoms with Crippen LogP contribution in [0.1, 0.15) is 32.6 Å². The Morgan fingerprint density at radius 2 is 1.58 bits per heavy atom. The van der Waals surface area contributed by atoms with Gasteiger partial charge >= 0.3 is 6.03 Å². The molecule has 7 nitrogen and oxygen atoms in total. The first-order chi connectivity index (χ1) is 18.6. The summed E-state index contributed by atoms with van der Waals surface area (Å²) in [6, 6.07) is 24.0. The van der Waals surface area contributed by atoms with Crippen molar-refractivity contribution in [1.82, 2.24) is 14.7 Å². The second-order valence-electron chi connectivity index (χ2n) is 10.4. The highest BCUT2D eigenvalue weighted by Gasteiger charge is 2.32. The van der Waals surface area contributed by atoms with Crippen molar-refractivity contribution in [3.63, 3.8) is 0 Å². The molecule has 3 aliphatic rings. The molecule has 6 rings (SSSR count). The van der Waals surface area contributed by atoms with Gasteiger partial charge < -0.3 is 19.9 Å². The lowest BCUT2D eigenvalue weighted by Gasteiger charge is -2.40. The topological polar surface area (TPSA) is 65.1 Å². The fourth-order valence-corrected chi connectivity index (χ4v) is 5.82. The number of urea groups is 1. The Morgan fingerprint density at radius 3 is 2.39 bits per heavy atom. The molecule has 3 heterocycles. The van der Waals surface area contributed by atoms with Crippen LogP contribution in [0.25, 0.3) is 0 Å². The zero-order valence-corrected chi connectivity index (χ0v) is 21.6. The number of morpholine rings is 1. The molecule has 0 aliphatic carbocycles. The number of benzene rings is 3. The Morgan fingerprint density at radius 1 is 0.816 bits per heavy atom. The van der Waals surface area contributed by atoms with Gasteiger partial charge in [0.1, 0.15) is 0 Å². The highest BCUT2D eigenvalue weighted by atomic mass is 16.5. The molecule has 1 atom stereocenters. The summed E-state index contributed by atoms with van der Waals surface area (Å²) in [6.07, 6.45) is 1.64. The first-order valence-corrected chi connectivity index (χ1v) is 13.5. The maximum absolute atomic E-state index is 14.0. The van der Waals surface area contributed by atoms with Crippen molar-refractivity contribution < 1.29 is 14.3 Å². The van der Waals surface area contributed by atoms with Gasteiger partial charge in [0.15, 0.2) is 0 Å². The summed E-state index contributed by atoms with van der Waals surface area (Å²) in [4.78, 5) is 33.2. The molecule has 3 amide bonds. The van der Waals surface area contributed by atoms with Crippen LogP contribution in [0.3, 0.4) is 0 Å². The number of rotatable bonds is 4. The number of anilines is 1. The van der Waals surface area contributed by atoms with Crippen molar-refractivity contribution >= 4 is 17.6 Å². The lowest BCUT2D eigenvalue weighted by molar-refractivity contribution is 0.0193. The average Bonchev–Trinajstić information content (AvgIpc) is 2.97. The summed E-state index contributed by atoms with van der Waals surface area (Å²) in [5.74, 6) is 0.0615. The summed E-state index contributed by atoms with van der Waals surface area (Å²) in [5, 5.41) is 2.98. The van der Waals surface area contributed by atoms with Gasteiger partial charge in [0.25, 0.3) is 5.91 Å². The number of ether oxygens (including phenoxy) is 1. The predicted octanol–water partition coefficient (Wildman–Crippen LogP) is 4.18. The van der Waals surface area contributed by atoms with E-state index in [0.29, 0.717) is 25.2 Å². The molecule has 38 heavy (non-hydrogen) atoms. The number of carbonyl (C=O) groups is 2. The van der Waals surface area contributed by atoms with Gasteiger partial charge in [-0.2, -0.15) is 0 Å². The molecule has 3 aromatic rings. The van der Waals surface area contributed by atoms with Crippen molar-refractivity contribution in [1.29, 1.82) is 0 Å². The van der Waals surface area contributed by atoms with Crippen molar-refractivity contribution in [3.05, 3.63) is 101 Å². The molecule has 0 aromatic heterocycles. The first-order valence-electron chi connectivity index (χ1n) is 13.5. The molecule has 0 bridgehead atoms. The average molecular weight is 511 g/mol. The van der Waals surface area contributed by atoms with Gasteiger partial charge in [-0.15, -0.1) is 0 Å². The molecule has 3 aliphatic heterocycles. The van der Waals surface area contributed by atoms with Gasteiger partial charge in [-0.05, 0) is 59.4 Å². The molecule has 1 fully saturated rings. The third-order valence-corrected chi connectivity index (χ3v) is 7.97. The van der Waals surface area contributed by atoms with E-state index >= 15 is 0 Å². The van der Waals surface area contributed by atoms with Gasteiger partial charge in [-0.3, -0.25) is 9.69 Å². The quantitative estimate of drug-likeness (QED) is 0.572. The summed E-state index contributed by atoms with van der Waals surface area (Å²) >= 11 is 0. The number of hydrogen-bond donors (Lipinski definition) is 1. The van der Waals surface area contributed by atoms with E-state index < -0.39 is 0 Å². The smallest absolute Gasteiger partial charge is 0.322 e. The molecule has 0 unspecified atom stereocenters. The van der Waals surface area contributed by atoms with Gasteiger partial charge in [0.2, 0.25) is 0 Å². The molecule has 0 saturated carbocycles. The first kappa shape index (κ1) is 24.6. The minimum absolute atomic E-state index is 0.0615. The van der Waals surface area contributed by atoms with E-state index in [9.17, 15) is 9.59 Å². The van der Waals surface area contributed by atoms with E-state index in [0.717, 1.165) is 56.9 Å². The minimum atomic E-state index is -0.114. The summed E-state index contributed by atoms with van der Waals surface area (Å²) in [5.41, 5.74) is 6.29. The fourth-order valence-electron chi connectivity index (χ4n) is 5.82. The van der Waals surface area contributed by atoms with Crippen LogP contribution in [0.5, 0.6) is 0 Å². The van der Waals surface area contributed by atoms with Crippen molar-refractivity contribution in [3.8, 4) is 0 Å². The fraction of sp³-hybridized carbons (Fsp3) is 0.355. The van der Waals surface area contributed by atoms with Crippen molar-refractivity contribution in [2.24, 2.45) is 0 Å². The zero-order chi connectivity index (χ0) is 25.9. The Balaban J connectivity index is 1.21. The van der Waals surface area contributed by atoms with Crippen LogP contribution >= 0.6 is 0 Å². The second-order valence-corrected chi connectivity index (χ2v) is 10.4. The van der Waals surface area contributed by atoms with Crippen LogP contribution in [-0.2, 0) is 30.7 Å². The van der Waals surface area contributed by atoms with Gasteiger partial charge in [0.05, 0.1) is 13.2 Å². The molecular formula is C31H34N4O3. The summed E-state index contributed by atoms with van der Waals surface area (Å²) in [7, 11) is 0. The maximum Gasteiger partial charge on any atom is 0.322 e. The lowest BCUT2D eigenvalue weighted by Crippen LogP contribution is -2.52. The number of fused-ring (bicyclic) bond motifs is 2. The molecule has 1 saturated heterocycles. The normalized spacial score (nSPS) is 19.4. The number of nitrogens with one attached hydrogen (secondary N) is 1. The van der Waals surface area contributed by atoms with Gasteiger partial charge in [-0.1, -0.05) is 48.5 Å². The van der Waals surface area contributed by atoms with E-state index in [4.69, 9.17) is 4.74 Å². The van der Waals surface area contributed by atoms with Crippen LogP contribution in [-0.4, -0.2) is 72.1 Å². The van der Waals surface area contributed by atoms with E-state index in [2.05, 4.69) is 45.4 Å². The summed E-state index contributed by atoms with van der Waals surface area (Å²) < 4.78 is 5.55. The standard InChI is InChI=1S/C31H34N4O3/c36-30(35-21-26-7-5-4-6-24(26)19-29(35)22-33-14-16-38-17-15-33)25-11-10-23-12-13-34(20-27(23)18-25)31(37)32-28-8-2-1-3-9-28/h1-11,18,29H,12-17,19-22H2,(H,32,37)/t29-/m0/s1. The lowest BCUT2D eigenvalue weighted by atomic mass is 9.92. The van der Waals surface area contributed by atoms with E-state index in [-0.39, 0.29) is 18.0 Å². The minimum Gasteiger partial charge on any atom is -0.379 e. The molecule has 196 valence electrons. The SMILES string of the molecule is O=C(Nc1ccccc1)N1CCc2ccc(C(=O)N3Cc4ccccc4C[C@H]3CN3CCOCC3)cc2C1. The maximum atomic E-state index is 14.0. The van der Waals surface area contributed by atoms with Crippen LogP contribution in [0.2, 0.25) is 0 Å². The largest absolute Gasteiger partial charge is 0.379 e. The Kier molecular flexibility index (Phi) is 7.12. The number of hydrogen-bond acceptors (Lipinski definition) is 4. The predicted molar refractivity (Wildman–Crippen MR) is 147 cm³/mol. The van der Waals surface area contributed by atoms with Crippen LogP contribution in [0.15, 0.2) is 72.8 Å². The van der Waals surface area contributed by atoms with Crippen molar-refractivity contribution in [2.75, 3.05) is 44.7 Å². The molecule has 1 N–H and O–H groups in total. The molecule has 0 spiro atoms. The number of para-hydroxylation sites is 1. The molecule has 0 radical (unpaired) electrons. The van der Waals surface area contributed by atoms with Gasteiger partial charge in [0, 0.05) is 56.6 Å². The Hall–Kier alpha value is -3.68. The van der Waals surface area contributed by atoms with Crippen molar-refractivity contribution in [2.45, 2.75) is 32.0 Å². The molecule has 7 heteroatoms. The van der Waals surface area contributed by atoms with Crippen LogP contribution < -0.4 is 5.32 Å². The van der Waals surface area contributed by atoms with E-state index in [1.165, 1.54) is 16.7 Å². The monoisotopic (exact) mass is 510 g/mol. The van der Waals surface area contributed by atoms with Crippen LogP contribution in [0.4, 0.5) is 10.5 Å². The Bertz CT molecular complexity index is 1310.